The molecule has 3 rings (SSSR count). The quantitative estimate of drug-likeness (QED) is 0.601. The third-order valence-electron chi connectivity index (χ3n) is 3.32. The first-order chi connectivity index (χ1) is 12.6. The molecule has 0 unspecified atom stereocenters. The minimum atomic E-state index is -0.390. The highest BCUT2D eigenvalue weighted by Gasteiger charge is 2.10. The first-order valence-corrected chi connectivity index (χ1v) is 9.24. The number of amides is 2. The zero-order valence-electron chi connectivity index (χ0n) is 14.0. The molecule has 2 aromatic carbocycles. The van der Waals surface area contributed by atoms with Crippen LogP contribution < -0.4 is 15.4 Å². The molecule has 0 fully saturated rings. The largest absolute Gasteiger partial charge is 0.494 e. The van der Waals surface area contributed by atoms with E-state index in [1.54, 1.807) is 24.3 Å². The lowest BCUT2D eigenvalue weighted by Crippen LogP contribution is -2.19. The Hall–Kier alpha value is -2.64. The van der Waals surface area contributed by atoms with E-state index in [4.69, 9.17) is 16.3 Å². The van der Waals surface area contributed by atoms with Gasteiger partial charge < -0.3 is 10.1 Å². The van der Waals surface area contributed by atoms with Gasteiger partial charge in [-0.15, -0.1) is 10.2 Å². The van der Waals surface area contributed by atoms with E-state index in [0.717, 1.165) is 17.7 Å². The maximum absolute atomic E-state index is 12.0. The van der Waals surface area contributed by atoms with Crippen molar-refractivity contribution in [2.24, 2.45) is 0 Å². The molecule has 0 radical (unpaired) electrons. The van der Waals surface area contributed by atoms with E-state index in [2.05, 4.69) is 27.8 Å². The molecular weight excluding hydrogens is 372 g/mol. The molecule has 1 aromatic heterocycles. The predicted molar refractivity (Wildman–Crippen MR) is 105 cm³/mol. The number of anilines is 2. The van der Waals surface area contributed by atoms with Crippen molar-refractivity contribution >= 4 is 39.8 Å². The topological polar surface area (TPSA) is 76.1 Å². The number of ether oxygens (including phenoxy) is 1. The second kappa shape index (κ2) is 8.64. The molecule has 0 spiro atoms. The van der Waals surface area contributed by atoms with Crippen LogP contribution in [-0.4, -0.2) is 22.8 Å². The van der Waals surface area contributed by atoms with Gasteiger partial charge in [0.05, 0.1) is 6.61 Å². The van der Waals surface area contributed by atoms with Crippen molar-refractivity contribution in [3.05, 3.63) is 53.6 Å². The first-order valence-electron chi connectivity index (χ1n) is 8.04. The number of aromatic nitrogens is 2. The standard InChI is InChI=1S/C18H17ClN4O2S/c1-2-11-25-15-9-3-12(4-10-15)16-22-23-18(26-16)21-17(24)20-14-7-5-13(19)6-8-14/h3-10H,2,11H2,1H3,(H2,20,21,23,24). The summed E-state index contributed by atoms with van der Waals surface area (Å²) in [6, 6.07) is 14.1. The number of carbonyl (C=O) groups excluding carboxylic acids is 1. The zero-order chi connectivity index (χ0) is 18.4. The molecule has 0 saturated carbocycles. The Balaban J connectivity index is 1.60. The maximum Gasteiger partial charge on any atom is 0.325 e. The van der Waals surface area contributed by atoms with E-state index in [1.165, 1.54) is 11.3 Å². The summed E-state index contributed by atoms with van der Waals surface area (Å²) in [6.07, 6.45) is 0.964. The van der Waals surface area contributed by atoms with Crippen LogP contribution in [-0.2, 0) is 0 Å². The highest BCUT2D eigenvalue weighted by atomic mass is 35.5. The van der Waals surface area contributed by atoms with Crippen LogP contribution in [0.4, 0.5) is 15.6 Å². The van der Waals surface area contributed by atoms with Crippen molar-refractivity contribution in [2.45, 2.75) is 13.3 Å². The lowest BCUT2D eigenvalue weighted by atomic mass is 10.2. The third-order valence-corrected chi connectivity index (χ3v) is 4.46. The van der Waals surface area contributed by atoms with Crippen LogP contribution in [0, 0.1) is 0 Å². The van der Waals surface area contributed by atoms with Crippen molar-refractivity contribution in [3.63, 3.8) is 0 Å². The minimum Gasteiger partial charge on any atom is -0.494 e. The van der Waals surface area contributed by atoms with E-state index >= 15 is 0 Å². The zero-order valence-corrected chi connectivity index (χ0v) is 15.6. The molecule has 1 heterocycles. The Kier molecular flexibility index (Phi) is 6.04. The number of rotatable bonds is 6. The average Bonchev–Trinajstić information content (AvgIpc) is 3.10. The van der Waals surface area contributed by atoms with E-state index in [-0.39, 0.29) is 0 Å². The van der Waals surface area contributed by atoms with Gasteiger partial charge in [-0.25, -0.2) is 4.79 Å². The second-order valence-corrected chi connectivity index (χ2v) is 6.79. The second-order valence-electron chi connectivity index (χ2n) is 5.37. The summed E-state index contributed by atoms with van der Waals surface area (Å²) in [5, 5.41) is 15.2. The van der Waals surface area contributed by atoms with Crippen molar-refractivity contribution in [2.75, 3.05) is 17.2 Å². The van der Waals surface area contributed by atoms with Crippen LogP contribution in [0.5, 0.6) is 5.75 Å². The van der Waals surface area contributed by atoms with Gasteiger partial charge in [0.1, 0.15) is 10.8 Å². The summed E-state index contributed by atoms with van der Waals surface area (Å²) in [6.45, 7) is 2.75. The normalized spacial score (nSPS) is 10.4. The number of urea groups is 1. The van der Waals surface area contributed by atoms with Gasteiger partial charge in [-0.1, -0.05) is 29.9 Å². The lowest BCUT2D eigenvalue weighted by molar-refractivity contribution is 0.262. The van der Waals surface area contributed by atoms with Crippen LogP contribution in [0.2, 0.25) is 5.02 Å². The number of nitrogens with one attached hydrogen (secondary N) is 2. The van der Waals surface area contributed by atoms with Gasteiger partial charge in [0, 0.05) is 16.3 Å². The molecule has 0 aliphatic rings. The summed E-state index contributed by atoms with van der Waals surface area (Å²) < 4.78 is 5.56. The van der Waals surface area contributed by atoms with Gasteiger partial charge in [0.25, 0.3) is 0 Å². The number of nitrogens with zero attached hydrogens (tertiary/aromatic N) is 2. The van der Waals surface area contributed by atoms with Crippen molar-refractivity contribution in [1.29, 1.82) is 0 Å². The number of benzene rings is 2. The summed E-state index contributed by atoms with van der Waals surface area (Å²) in [7, 11) is 0. The predicted octanol–water partition coefficient (Wildman–Crippen LogP) is 5.29. The third kappa shape index (κ3) is 4.93. The fourth-order valence-corrected chi connectivity index (χ4v) is 2.97. The molecule has 0 bridgehead atoms. The molecule has 0 aliphatic carbocycles. The van der Waals surface area contributed by atoms with Gasteiger partial charge in [-0.3, -0.25) is 5.32 Å². The summed E-state index contributed by atoms with van der Waals surface area (Å²) in [4.78, 5) is 12.0. The number of hydrogen-bond acceptors (Lipinski definition) is 5. The number of halogens is 1. The van der Waals surface area contributed by atoms with Crippen molar-refractivity contribution in [3.8, 4) is 16.3 Å². The maximum atomic E-state index is 12.0. The van der Waals surface area contributed by atoms with Crippen LogP contribution in [0.1, 0.15) is 13.3 Å². The van der Waals surface area contributed by atoms with Gasteiger partial charge in [0.15, 0.2) is 0 Å². The fourth-order valence-electron chi connectivity index (χ4n) is 2.10. The smallest absolute Gasteiger partial charge is 0.325 e. The van der Waals surface area contributed by atoms with E-state index in [1.807, 2.05) is 24.3 Å². The van der Waals surface area contributed by atoms with Crippen LogP contribution in [0.25, 0.3) is 10.6 Å². The molecule has 0 saturated heterocycles. The van der Waals surface area contributed by atoms with Gasteiger partial charge in [-0.2, -0.15) is 0 Å². The molecule has 2 N–H and O–H groups in total. The highest BCUT2D eigenvalue weighted by molar-refractivity contribution is 7.18. The Morgan fingerprint density at radius 1 is 1.08 bits per heavy atom. The molecule has 26 heavy (non-hydrogen) atoms. The molecule has 6 nitrogen and oxygen atoms in total. The molecule has 2 amide bonds. The lowest BCUT2D eigenvalue weighted by Gasteiger charge is -2.05. The number of hydrogen-bond donors (Lipinski definition) is 2. The Labute approximate surface area is 160 Å². The molecule has 3 aromatic rings. The Morgan fingerprint density at radius 2 is 1.81 bits per heavy atom. The monoisotopic (exact) mass is 388 g/mol. The van der Waals surface area contributed by atoms with Crippen molar-refractivity contribution < 1.29 is 9.53 Å². The Morgan fingerprint density at radius 3 is 2.50 bits per heavy atom. The van der Waals surface area contributed by atoms with Crippen LogP contribution >= 0.6 is 22.9 Å². The SMILES string of the molecule is CCCOc1ccc(-c2nnc(NC(=O)Nc3ccc(Cl)cc3)s2)cc1. The average molecular weight is 389 g/mol. The molecular formula is C18H17ClN4O2S. The summed E-state index contributed by atoms with van der Waals surface area (Å²) >= 11 is 7.12. The summed E-state index contributed by atoms with van der Waals surface area (Å²) in [5.41, 5.74) is 1.55. The van der Waals surface area contributed by atoms with E-state index in [9.17, 15) is 4.79 Å². The van der Waals surface area contributed by atoms with E-state index < -0.39 is 6.03 Å². The van der Waals surface area contributed by atoms with Crippen molar-refractivity contribution in [1.82, 2.24) is 10.2 Å². The molecule has 0 atom stereocenters. The van der Waals surface area contributed by atoms with Crippen LogP contribution in [0.3, 0.4) is 0 Å². The number of carbonyl (C=O) groups is 1. The van der Waals surface area contributed by atoms with Gasteiger partial charge in [-0.05, 0) is 55.0 Å². The first kappa shape index (κ1) is 18.2. The summed E-state index contributed by atoms with van der Waals surface area (Å²) in [5.74, 6) is 0.820. The van der Waals surface area contributed by atoms with Gasteiger partial charge in [0.2, 0.25) is 5.13 Å². The fraction of sp³-hybridized carbons (Fsp3) is 0.167. The highest BCUT2D eigenvalue weighted by Crippen LogP contribution is 2.28. The molecule has 8 heteroatoms. The Bertz CT molecular complexity index is 866. The molecule has 0 aliphatic heterocycles. The van der Waals surface area contributed by atoms with E-state index in [0.29, 0.717) is 27.5 Å². The minimum absolute atomic E-state index is 0.390. The van der Waals surface area contributed by atoms with Crippen LogP contribution in [0.15, 0.2) is 48.5 Å². The molecule has 134 valence electrons. The van der Waals surface area contributed by atoms with Gasteiger partial charge >= 0.3 is 6.03 Å².